The number of benzene rings is 1. The van der Waals surface area contributed by atoms with Crippen LogP contribution in [0.25, 0.3) is 5.69 Å². The van der Waals surface area contributed by atoms with Gasteiger partial charge in [-0.3, -0.25) is 0 Å². The van der Waals surface area contributed by atoms with E-state index < -0.39 is 0 Å². The molecule has 1 N–H and O–H groups in total. The second kappa shape index (κ2) is 6.26. The van der Waals surface area contributed by atoms with Crippen molar-refractivity contribution in [3.8, 4) is 5.69 Å². The number of nitrogens with one attached hydrogen (secondary N) is 1. The van der Waals surface area contributed by atoms with Crippen LogP contribution in [0.1, 0.15) is 13.3 Å². The van der Waals surface area contributed by atoms with E-state index in [1.165, 1.54) is 0 Å². The van der Waals surface area contributed by atoms with Gasteiger partial charge in [-0.05, 0) is 36.8 Å². The minimum absolute atomic E-state index is 0.356. The standard InChI is InChI=1S/C15H20N2O/c1-3-13(12-18-2)16-14-7-6-8-15(11-14)17-9-4-5-10-17/h4-11,13,16H,3,12H2,1-2H3. The third kappa shape index (κ3) is 3.14. The van der Waals surface area contributed by atoms with Crippen molar-refractivity contribution in [3.05, 3.63) is 48.8 Å². The predicted octanol–water partition coefficient (Wildman–Crippen LogP) is 3.31. The van der Waals surface area contributed by atoms with Crippen LogP contribution in [0, 0.1) is 0 Å². The van der Waals surface area contributed by atoms with Gasteiger partial charge in [0.2, 0.25) is 0 Å². The number of anilines is 1. The molecule has 0 aliphatic rings. The van der Waals surface area contributed by atoms with Crippen LogP contribution in [-0.2, 0) is 4.74 Å². The van der Waals surface area contributed by atoms with Crippen LogP contribution in [-0.4, -0.2) is 24.3 Å². The molecule has 0 bridgehead atoms. The number of hydrogen-bond acceptors (Lipinski definition) is 2. The molecule has 0 amide bonds. The molecule has 18 heavy (non-hydrogen) atoms. The zero-order chi connectivity index (χ0) is 12.8. The van der Waals surface area contributed by atoms with E-state index in [9.17, 15) is 0 Å². The first-order valence-electron chi connectivity index (χ1n) is 6.32. The topological polar surface area (TPSA) is 26.2 Å². The molecule has 2 aromatic rings. The fraction of sp³-hybridized carbons (Fsp3) is 0.333. The lowest BCUT2D eigenvalue weighted by Gasteiger charge is -2.18. The second-order valence-electron chi connectivity index (χ2n) is 4.35. The molecular formula is C15H20N2O. The number of methoxy groups -OCH3 is 1. The van der Waals surface area contributed by atoms with Crippen molar-refractivity contribution in [2.75, 3.05) is 19.0 Å². The normalized spacial score (nSPS) is 12.3. The Labute approximate surface area is 108 Å². The minimum Gasteiger partial charge on any atom is -0.383 e. The molecule has 1 unspecified atom stereocenters. The van der Waals surface area contributed by atoms with Gasteiger partial charge >= 0.3 is 0 Å². The minimum atomic E-state index is 0.356. The maximum absolute atomic E-state index is 5.20. The maximum Gasteiger partial charge on any atom is 0.0663 e. The molecule has 96 valence electrons. The van der Waals surface area contributed by atoms with E-state index in [1.807, 2.05) is 24.5 Å². The molecule has 1 atom stereocenters. The zero-order valence-electron chi connectivity index (χ0n) is 11.0. The molecule has 0 saturated carbocycles. The summed E-state index contributed by atoms with van der Waals surface area (Å²) < 4.78 is 7.30. The van der Waals surface area contributed by atoms with E-state index >= 15 is 0 Å². The molecule has 1 aromatic heterocycles. The van der Waals surface area contributed by atoms with Crippen molar-refractivity contribution in [1.29, 1.82) is 0 Å². The van der Waals surface area contributed by atoms with Crippen LogP contribution in [0.15, 0.2) is 48.8 Å². The van der Waals surface area contributed by atoms with Crippen LogP contribution in [0.2, 0.25) is 0 Å². The molecule has 0 fully saturated rings. The monoisotopic (exact) mass is 244 g/mol. The largest absolute Gasteiger partial charge is 0.383 e. The van der Waals surface area contributed by atoms with Crippen LogP contribution >= 0.6 is 0 Å². The summed E-state index contributed by atoms with van der Waals surface area (Å²) in [5.41, 5.74) is 2.29. The van der Waals surface area contributed by atoms with E-state index in [4.69, 9.17) is 4.74 Å². The van der Waals surface area contributed by atoms with E-state index in [1.54, 1.807) is 7.11 Å². The van der Waals surface area contributed by atoms with Crippen molar-refractivity contribution in [1.82, 2.24) is 4.57 Å². The highest BCUT2D eigenvalue weighted by atomic mass is 16.5. The molecule has 1 aromatic carbocycles. The lowest BCUT2D eigenvalue weighted by atomic mass is 10.2. The van der Waals surface area contributed by atoms with Gasteiger partial charge in [0.1, 0.15) is 0 Å². The highest BCUT2D eigenvalue weighted by Gasteiger charge is 2.05. The van der Waals surface area contributed by atoms with Gasteiger partial charge in [-0.1, -0.05) is 13.0 Å². The first kappa shape index (κ1) is 12.7. The van der Waals surface area contributed by atoms with Gasteiger partial charge in [0.25, 0.3) is 0 Å². The molecular weight excluding hydrogens is 224 g/mol. The molecule has 0 aliphatic heterocycles. The maximum atomic E-state index is 5.20. The third-order valence-electron chi connectivity index (χ3n) is 2.98. The number of nitrogens with zero attached hydrogens (tertiary/aromatic N) is 1. The molecule has 0 saturated heterocycles. The SMILES string of the molecule is CCC(COC)Nc1cccc(-n2cccc2)c1. The third-order valence-corrected chi connectivity index (χ3v) is 2.98. The molecule has 1 heterocycles. The second-order valence-corrected chi connectivity index (χ2v) is 4.35. The molecule has 0 radical (unpaired) electrons. The van der Waals surface area contributed by atoms with E-state index in [-0.39, 0.29) is 0 Å². The number of aromatic nitrogens is 1. The summed E-state index contributed by atoms with van der Waals surface area (Å²) in [5, 5.41) is 3.49. The number of ether oxygens (including phenoxy) is 1. The van der Waals surface area contributed by atoms with Crippen molar-refractivity contribution in [2.24, 2.45) is 0 Å². The van der Waals surface area contributed by atoms with Crippen LogP contribution in [0.5, 0.6) is 0 Å². The summed E-state index contributed by atoms with van der Waals surface area (Å²) in [6.45, 7) is 2.89. The van der Waals surface area contributed by atoms with Gasteiger partial charge in [0.15, 0.2) is 0 Å². The van der Waals surface area contributed by atoms with Crippen LogP contribution < -0.4 is 5.32 Å². The first-order valence-corrected chi connectivity index (χ1v) is 6.32. The van der Waals surface area contributed by atoms with E-state index in [0.29, 0.717) is 6.04 Å². The Hall–Kier alpha value is -1.74. The molecule has 3 heteroatoms. The van der Waals surface area contributed by atoms with Gasteiger partial charge in [0.05, 0.1) is 6.61 Å². The van der Waals surface area contributed by atoms with Gasteiger partial charge in [-0.15, -0.1) is 0 Å². The smallest absolute Gasteiger partial charge is 0.0663 e. The van der Waals surface area contributed by atoms with Crippen molar-refractivity contribution < 1.29 is 4.74 Å². The highest BCUT2D eigenvalue weighted by Crippen LogP contribution is 2.16. The van der Waals surface area contributed by atoms with Gasteiger partial charge < -0.3 is 14.6 Å². The van der Waals surface area contributed by atoms with E-state index in [2.05, 4.69) is 41.1 Å². The van der Waals surface area contributed by atoms with Crippen LogP contribution in [0.3, 0.4) is 0 Å². The molecule has 3 nitrogen and oxygen atoms in total. The van der Waals surface area contributed by atoms with Crippen molar-refractivity contribution in [3.63, 3.8) is 0 Å². The number of rotatable bonds is 6. The Balaban J connectivity index is 2.12. The summed E-state index contributed by atoms with van der Waals surface area (Å²) in [6, 6.07) is 12.8. The number of hydrogen-bond donors (Lipinski definition) is 1. The molecule has 0 spiro atoms. The molecule has 0 aliphatic carbocycles. The van der Waals surface area contributed by atoms with Gasteiger partial charge in [-0.25, -0.2) is 0 Å². The van der Waals surface area contributed by atoms with Crippen LogP contribution in [0.4, 0.5) is 5.69 Å². The first-order chi connectivity index (χ1) is 8.83. The van der Waals surface area contributed by atoms with Gasteiger partial charge in [-0.2, -0.15) is 0 Å². The quantitative estimate of drug-likeness (QED) is 0.843. The fourth-order valence-corrected chi connectivity index (χ4v) is 1.96. The summed E-state index contributed by atoms with van der Waals surface area (Å²) in [6.07, 6.45) is 5.14. The summed E-state index contributed by atoms with van der Waals surface area (Å²) >= 11 is 0. The van der Waals surface area contributed by atoms with E-state index in [0.717, 1.165) is 24.4 Å². The Bertz CT molecular complexity index is 465. The fourth-order valence-electron chi connectivity index (χ4n) is 1.96. The van der Waals surface area contributed by atoms with Crippen molar-refractivity contribution >= 4 is 5.69 Å². The lowest BCUT2D eigenvalue weighted by Crippen LogP contribution is -2.23. The Kier molecular flexibility index (Phi) is 4.42. The van der Waals surface area contributed by atoms with Gasteiger partial charge in [0, 0.05) is 36.9 Å². The molecule has 2 rings (SSSR count). The Morgan fingerprint density at radius 2 is 2.00 bits per heavy atom. The average Bonchev–Trinajstić information content (AvgIpc) is 2.92. The Morgan fingerprint density at radius 1 is 1.22 bits per heavy atom. The average molecular weight is 244 g/mol. The van der Waals surface area contributed by atoms with Crippen molar-refractivity contribution in [2.45, 2.75) is 19.4 Å². The zero-order valence-corrected chi connectivity index (χ0v) is 11.0. The summed E-state index contributed by atoms with van der Waals surface area (Å²) in [5.74, 6) is 0. The lowest BCUT2D eigenvalue weighted by molar-refractivity contribution is 0.184. The Morgan fingerprint density at radius 3 is 2.67 bits per heavy atom. The summed E-state index contributed by atoms with van der Waals surface area (Å²) in [4.78, 5) is 0. The summed E-state index contributed by atoms with van der Waals surface area (Å²) in [7, 11) is 1.74. The highest BCUT2D eigenvalue weighted by molar-refractivity contribution is 5.51. The predicted molar refractivity (Wildman–Crippen MR) is 75.3 cm³/mol.